The predicted molar refractivity (Wildman–Crippen MR) is 66.3 cm³/mol. The molecule has 2 nitrogen and oxygen atoms in total. The Kier molecular flexibility index (Phi) is 3.97. The van der Waals surface area contributed by atoms with E-state index in [4.69, 9.17) is 0 Å². The molecule has 0 aromatic heterocycles. The molecule has 1 aliphatic heterocycles. The first kappa shape index (κ1) is 11.6. The average molecular weight is 219 g/mol. The third-order valence-corrected chi connectivity index (χ3v) is 3.60. The molecule has 0 radical (unpaired) electrons. The number of hydrogen-bond donors (Lipinski definition) is 1. The highest BCUT2D eigenvalue weighted by molar-refractivity contribution is 5.17. The van der Waals surface area contributed by atoms with Crippen molar-refractivity contribution in [2.24, 2.45) is 0 Å². The van der Waals surface area contributed by atoms with Crippen molar-refractivity contribution in [2.75, 3.05) is 13.6 Å². The van der Waals surface area contributed by atoms with E-state index in [1.54, 1.807) is 0 Å². The number of rotatable bonds is 3. The lowest BCUT2D eigenvalue weighted by Gasteiger charge is -2.33. The molecule has 1 aliphatic rings. The van der Waals surface area contributed by atoms with Crippen LogP contribution >= 0.6 is 0 Å². The predicted octanol–water partition coefficient (Wildman–Crippen LogP) is 2.59. The van der Waals surface area contributed by atoms with Crippen molar-refractivity contribution in [3.05, 3.63) is 35.9 Å². The van der Waals surface area contributed by atoms with Gasteiger partial charge in [0.15, 0.2) is 0 Å². The number of likely N-dealkylation sites (tertiary alicyclic amines) is 1. The van der Waals surface area contributed by atoms with E-state index in [-0.39, 0.29) is 6.10 Å². The van der Waals surface area contributed by atoms with Crippen molar-refractivity contribution < 1.29 is 5.11 Å². The average Bonchev–Trinajstić information content (AvgIpc) is 2.33. The second-order valence-electron chi connectivity index (χ2n) is 4.79. The highest BCUT2D eigenvalue weighted by Gasteiger charge is 2.22. The van der Waals surface area contributed by atoms with E-state index >= 15 is 0 Å². The summed E-state index contributed by atoms with van der Waals surface area (Å²) in [4.78, 5) is 2.38. The van der Waals surface area contributed by atoms with Crippen LogP contribution in [0.25, 0.3) is 0 Å². The fourth-order valence-electron chi connectivity index (χ4n) is 2.51. The van der Waals surface area contributed by atoms with E-state index < -0.39 is 0 Å². The molecule has 2 atom stereocenters. The van der Waals surface area contributed by atoms with Crippen LogP contribution in [0, 0.1) is 0 Å². The zero-order valence-electron chi connectivity index (χ0n) is 9.97. The Balaban J connectivity index is 1.94. The Hall–Kier alpha value is -0.860. The van der Waals surface area contributed by atoms with Gasteiger partial charge in [0.05, 0.1) is 6.10 Å². The topological polar surface area (TPSA) is 23.5 Å². The summed E-state index contributed by atoms with van der Waals surface area (Å²) in [6.45, 7) is 1.17. The van der Waals surface area contributed by atoms with E-state index in [0.717, 1.165) is 12.0 Å². The molecule has 0 bridgehead atoms. The Labute approximate surface area is 97.9 Å². The highest BCUT2D eigenvalue weighted by atomic mass is 16.3. The van der Waals surface area contributed by atoms with Gasteiger partial charge in [-0.05, 0) is 38.4 Å². The molecule has 0 unspecified atom stereocenters. The highest BCUT2D eigenvalue weighted by Crippen LogP contribution is 2.25. The van der Waals surface area contributed by atoms with Crippen LogP contribution in [-0.2, 0) is 0 Å². The van der Waals surface area contributed by atoms with Gasteiger partial charge >= 0.3 is 0 Å². The molecular formula is C14H21NO. The molecule has 2 rings (SSSR count). The molecule has 0 amide bonds. The monoisotopic (exact) mass is 219 g/mol. The second-order valence-corrected chi connectivity index (χ2v) is 4.79. The number of aliphatic hydroxyl groups excluding tert-OH is 1. The van der Waals surface area contributed by atoms with Crippen molar-refractivity contribution in [1.82, 2.24) is 4.90 Å². The summed E-state index contributed by atoms with van der Waals surface area (Å²) in [5, 5.41) is 10.2. The largest absolute Gasteiger partial charge is 0.388 e. The van der Waals surface area contributed by atoms with Gasteiger partial charge in [-0.1, -0.05) is 36.8 Å². The van der Waals surface area contributed by atoms with Crippen molar-refractivity contribution >= 4 is 0 Å². The maximum Gasteiger partial charge on any atom is 0.0805 e. The van der Waals surface area contributed by atoms with Gasteiger partial charge in [0.2, 0.25) is 0 Å². The van der Waals surface area contributed by atoms with Crippen molar-refractivity contribution in [3.63, 3.8) is 0 Å². The molecule has 1 aromatic carbocycles. The van der Waals surface area contributed by atoms with Crippen LogP contribution in [0.5, 0.6) is 0 Å². The lowest BCUT2D eigenvalue weighted by atomic mass is 9.95. The summed E-state index contributed by atoms with van der Waals surface area (Å²) < 4.78 is 0. The molecule has 1 aromatic rings. The van der Waals surface area contributed by atoms with Crippen LogP contribution in [0.2, 0.25) is 0 Å². The maximum absolute atomic E-state index is 10.2. The molecule has 1 fully saturated rings. The molecule has 0 aliphatic carbocycles. The lowest BCUT2D eigenvalue weighted by Crippen LogP contribution is -2.37. The van der Waals surface area contributed by atoms with Gasteiger partial charge in [-0.25, -0.2) is 0 Å². The minimum absolute atomic E-state index is 0.313. The third-order valence-electron chi connectivity index (χ3n) is 3.60. The van der Waals surface area contributed by atoms with Gasteiger partial charge in [0.25, 0.3) is 0 Å². The fraction of sp³-hybridized carbons (Fsp3) is 0.571. The molecular weight excluding hydrogens is 198 g/mol. The van der Waals surface area contributed by atoms with Gasteiger partial charge < -0.3 is 10.0 Å². The number of piperidine rings is 1. The van der Waals surface area contributed by atoms with E-state index in [9.17, 15) is 5.11 Å². The Bertz CT molecular complexity index is 312. The molecule has 1 saturated heterocycles. The summed E-state index contributed by atoms with van der Waals surface area (Å²) >= 11 is 0. The van der Waals surface area contributed by atoms with Gasteiger partial charge in [0, 0.05) is 6.04 Å². The third kappa shape index (κ3) is 2.83. The first-order chi connectivity index (χ1) is 7.77. The summed E-state index contributed by atoms with van der Waals surface area (Å²) in [5.41, 5.74) is 1.04. The van der Waals surface area contributed by atoms with E-state index in [2.05, 4.69) is 11.9 Å². The van der Waals surface area contributed by atoms with E-state index in [1.807, 2.05) is 30.3 Å². The molecule has 0 saturated carbocycles. The molecule has 2 heteroatoms. The number of hydrogen-bond acceptors (Lipinski definition) is 2. The van der Waals surface area contributed by atoms with Crippen molar-refractivity contribution in [1.29, 1.82) is 0 Å². The van der Waals surface area contributed by atoms with Crippen LogP contribution < -0.4 is 0 Å². The van der Waals surface area contributed by atoms with E-state index in [1.165, 1.54) is 25.8 Å². The Morgan fingerprint density at radius 2 is 2.06 bits per heavy atom. The number of aliphatic hydroxyl groups is 1. The minimum Gasteiger partial charge on any atom is -0.388 e. The summed E-state index contributed by atoms with van der Waals surface area (Å²) in [6, 6.07) is 10.5. The van der Waals surface area contributed by atoms with Gasteiger partial charge in [-0.2, -0.15) is 0 Å². The van der Waals surface area contributed by atoms with Gasteiger partial charge in [0.1, 0.15) is 0 Å². The molecule has 88 valence electrons. The first-order valence-electron chi connectivity index (χ1n) is 6.20. The lowest BCUT2D eigenvalue weighted by molar-refractivity contribution is 0.0944. The fourth-order valence-corrected chi connectivity index (χ4v) is 2.51. The maximum atomic E-state index is 10.2. The first-order valence-corrected chi connectivity index (χ1v) is 6.20. The van der Waals surface area contributed by atoms with Crippen LogP contribution in [0.4, 0.5) is 0 Å². The Morgan fingerprint density at radius 3 is 2.75 bits per heavy atom. The SMILES string of the molecule is CN1CCCC[C@H]1C[C@@H](O)c1ccccc1. The summed E-state index contributed by atoms with van der Waals surface area (Å²) in [5.74, 6) is 0. The Morgan fingerprint density at radius 1 is 1.31 bits per heavy atom. The molecule has 16 heavy (non-hydrogen) atoms. The standard InChI is InChI=1S/C14H21NO/c1-15-10-6-5-9-13(15)11-14(16)12-7-3-2-4-8-12/h2-4,7-8,13-14,16H,5-6,9-11H2,1H3/t13-,14+/m0/s1. The second kappa shape index (κ2) is 5.46. The molecule has 0 spiro atoms. The normalized spacial score (nSPS) is 24.2. The van der Waals surface area contributed by atoms with Crippen LogP contribution in [0.1, 0.15) is 37.4 Å². The number of nitrogens with zero attached hydrogens (tertiary/aromatic N) is 1. The molecule has 1 N–H and O–H groups in total. The van der Waals surface area contributed by atoms with Crippen LogP contribution in [0.3, 0.4) is 0 Å². The van der Waals surface area contributed by atoms with E-state index in [0.29, 0.717) is 6.04 Å². The van der Waals surface area contributed by atoms with Crippen LogP contribution in [0.15, 0.2) is 30.3 Å². The number of benzene rings is 1. The van der Waals surface area contributed by atoms with Crippen molar-refractivity contribution in [2.45, 2.75) is 37.8 Å². The minimum atomic E-state index is -0.313. The molecule has 1 heterocycles. The van der Waals surface area contributed by atoms with Crippen molar-refractivity contribution in [3.8, 4) is 0 Å². The zero-order valence-corrected chi connectivity index (χ0v) is 9.97. The van der Waals surface area contributed by atoms with Gasteiger partial charge in [-0.3, -0.25) is 0 Å². The smallest absolute Gasteiger partial charge is 0.0805 e. The quantitative estimate of drug-likeness (QED) is 0.844. The summed E-state index contributed by atoms with van der Waals surface area (Å²) in [7, 11) is 2.17. The summed E-state index contributed by atoms with van der Waals surface area (Å²) in [6.07, 6.45) is 4.37. The zero-order chi connectivity index (χ0) is 11.4. The van der Waals surface area contributed by atoms with Crippen LogP contribution in [-0.4, -0.2) is 29.6 Å². The van der Waals surface area contributed by atoms with Gasteiger partial charge in [-0.15, -0.1) is 0 Å².